The van der Waals surface area contributed by atoms with E-state index in [1.807, 2.05) is 0 Å². The first-order chi connectivity index (χ1) is 20.6. The Morgan fingerprint density at radius 1 is 0.636 bits per heavy atom. The van der Waals surface area contributed by atoms with Crippen LogP contribution in [0.2, 0.25) is 0 Å². The van der Waals surface area contributed by atoms with Gasteiger partial charge in [-0.05, 0) is 93.2 Å². The molecule has 0 unspecified atom stereocenters. The third-order valence-corrected chi connectivity index (χ3v) is 5.71. The number of carbonyl (C=O) groups is 4. The first-order valence-corrected chi connectivity index (χ1v) is 15.2. The van der Waals surface area contributed by atoms with Crippen molar-refractivity contribution in [3.8, 4) is 11.5 Å². The highest BCUT2D eigenvalue weighted by Gasteiger charge is 2.22. The molecular weight excluding hydrogens is 572 g/mol. The molecule has 0 fully saturated rings. The van der Waals surface area contributed by atoms with E-state index in [1.165, 1.54) is 12.1 Å². The predicted molar refractivity (Wildman–Crippen MR) is 167 cm³/mol. The van der Waals surface area contributed by atoms with Gasteiger partial charge in [0.2, 0.25) is 0 Å². The van der Waals surface area contributed by atoms with E-state index in [9.17, 15) is 24.3 Å². The smallest absolute Gasteiger partial charge is 0.407 e. The number of benzene rings is 1. The molecule has 0 aliphatic heterocycles. The monoisotopic (exact) mass is 624 g/mol. The van der Waals surface area contributed by atoms with Crippen molar-refractivity contribution in [3.63, 3.8) is 0 Å². The van der Waals surface area contributed by atoms with Crippen LogP contribution < -0.4 is 30.7 Å². The SMILES string of the molecule is CNCCNC(=O)c1cc(C(=O)O)c(OCCCCCNC(=O)OC(C)(C)C)cc1OCCCCCNC(=O)OC(C)(C)C. The quantitative estimate of drug-likeness (QED) is 0.138. The lowest BCUT2D eigenvalue weighted by molar-refractivity contribution is 0.0515. The number of unbranched alkanes of at least 4 members (excludes halogenated alkanes) is 4. The van der Waals surface area contributed by atoms with Crippen LogP contribution in [0.4, 0.5) is 9.59 Å². The van der Waals surface area contributed by atoms with Crippen LogP contribution in [-0.4, -0.2) is 86.8 Å². The molecule has 1 aromatic rings. The standard InChI is InChI=1S/C31H52N4O9/c1-30(2,3)43-28(39)34-14-10-8-12-18-41-24-21-25(23(27(37)38)20-22(24)26(36)33-17-16-32-7)42-19-13-9-11-15-35-29(40)44-31(4,5)6/h20-21,32H,8-19H2,1-7H3,(H,33,36)(H,34,39)(H,35,40)(H,37,38). The van der Waals surface area contributed by atoms with Gasteiger partial charge in [-0.15, -0.1) is 0 Å². The number of rotatable bonds is 19. The molecule has 13 nitrogen and oxygen atoms in total. The molecule has 1 rings (SSSR count). The highest BCUT2D eigenvalue weighted by Crippen LogP contribution is 2.30. The normalized spacial score (nSPS) is 11.3. The van der Waals surface area contributed by atoms with Gasteiger partial charge in [0.05, 0.1) is 18.8 Å². The third-order valence-electron chi connectivity index (χ3n) is 5.71. The first-order valence-electron chi connectivity index (χ1n) is 15.2. The van der Waals surface area contributed by atoms with Crippen molar-refractivity contribution in [3.05, 3.63) is 23.3 Å². The maximum Gasteiger partial charge on any atom is 0.407 e. The zero-order chi connectivity index (χ0) is 33.2. The van der Waals surface area contributed by atoms with Crippen LogP contribution in [0, 0.1) is 0 Å². The van der Waals surface area contributed by atoms with Crippen LogP contribution in [0.15, 0.2) is 12.1 Å². The van der Waals surface area contributed by atoms with Gasteiger partial charge in [0.1, 0.15) is 28.3 Å². The summed E-state index contributed by atoms with van der Waals surface area (Å²) in [5.74, 6) is -1.36. The summed E-state index contributed by atoms with van der Waals surface area (Å²) in [6.07, 6.45) is 3.21. The van der Waals surface area contributed by atoms with Gasteiger partial charge in [0, 0.05) is 32.2 Å². The lowest BCUT2D eigenvalue weighted by Gasteiger charge is -2.19. The lowest BCUT2D eigenvalue weighted by atomic mass is 10.1. The summed E-state index contributed by atoms with van der Waals surface area (Å²) in [6.45, 7) is 13.1. The number of carboxylic acid groups (broad SMARTS) is 1. The van der Waals surface area contributed by atoms with Crippen LogP contribution in [0.25, 0.3) is 0 Å². The number of nitrogens with one attached hydrogen (secondary N) is 4. The maximum atomic E-state index is 12.9. The van der Waals surface area contributed by atoms with Crippen molar-refractivity contribution in [2.75, 3.05) is 46.4 Å². The molecule has 250 valence electrons. The fourth-order valence-electron chi connectivity index (χ4n) is 3.72. The molecule has 0 aliphatic carbocycles. The van der Waals surface area contributed by atoms with Gasteiger partial charge in [-0.3, -0.25) is 4.79 Å². The first kappa shape index (κ1) is 38.3. The van der Waals surface area contributed by atoms with Crippen molar-refractivity contribution >= 4 is 24.1 Å². The van der Waals surface area contributed by atoms with Gasteiger partial charge < -0.3 is 45.3 Å². The molecule has 0 saturated heterocycles. The Morgan fingerprint density at radius 2 is 1.11 bits per heavy atom. The highest BCUT2D eigenvalue weighted by molar-refractivity contribution is 6.01. The van der Waals surface area contributed by atoms with Crippen molar-refractivity contribution in [2.24, 2.45) is 0 Å². The Bertz CT molecular complexity index is 1070. The number of carbonyl (C=O) groups excluding carboxylic acids is 3. The molecule has 3 amide bonds. The van der Waals surface area contributed by atoms with E-state index in [-0.39, 0.29) is 35.8 Å². The molecule has 0 bridgehead atoms. The summed E-state index contributed by atoms with van der Waals surface area (Å²) in [7, 11) is 1.76. The second-order valence-electron chi connectivity index (χ2n) is 12.2. The molecule has 13 heteroatoms. The average molecular weight is 625 g/mol. The Hall–Kier alpha value is -3.74. The maximum absolute atomic E-state index is 12.9. The number of ether oxygens (including phenoxy) is 4. The number of alkyl carbamates (subject to hydrolysis) is 2. The summed E-state index contributed by atoms with van der Waals surface area (Å²) >= 11 is 0. The fraction of sp³-hybridized carbons (Fsp3) is 0.677. The van der Waals surface area contributed by atoms with E-state index in [2.05, 4.69) is 21.3 Å². The predicted octanol–water partition coefficient (Wildman–Crippen LogP) is 4.48. The Kier molecular flexibility index (Phi) is 17.0. The highest BCUT2D eigenvalue weighted by atomic mass is 16.6. The minimum Gasteiger partial charge on any atom is -0.493 e. The van der Waals surface area contributed by atoms with Crippen molar-refractivity contribution in [1.82, 2.24) is 21.3 Å². The number of hydrogen-bond donors (Lipinski definition) is 5. The average Bonchev–Trinajstić information content (AvgIpc) is 2.89. The largest absolute Gasteiger partial charge is 0.493 e. The third kappa shape index (κ3) is 17.4. The lowest BCUT2D eigenvalue weighted by Crippen LogP contribution is -2.33. The molecule has 0 saturated carbocycles. The number of likely N-dealkylation sites (N-methyl/N-ethyl adjacent to an activating group) is 1. The van der Waals surface area contributed by atoms with E-state index in [4.69, 9.17) is 18.9 Å². The van der Waals surface area contributed by atoms with E-state index in [0.717, 1.165) is 12.8 Å². The molecule has 0 radical (unpaired) electrons. The van der Waals surface area contributed by atoms with Gasteiger partial charge in [-0.25, -0.2) is 14.4 Å². The van der Waals surface area contributed by atoms with Crippen LogP contribution in [-0.2, 0) is 9.47 Å². The topological polar surface area (TPSA) is 174 Å². The summed E-state index contributed by atoms with van der Waals surface area (Å²) < 4.78 is 22.2. The number of amides is 3. The van der Waals surface area contributed by atoms with E-state index in [1.54, 1.807) is 48.6 Å². The van der Waals surface area contributed by atoms with Gasteiger partial charge >= 0.3 is 18.2 Å². The van der Waals surface area contributed by atoms with Crippen LogP contribution >= 0.6 is 0 Å². The molecule has 0 atom stereocenters. The molecule has 0 heterocycles. The summed E-state index contributed by atoms with van der Waals surface area (Å²) in [6, 6.07) is 2.72. The van der Waals surface area contributed by atoms with Crippen molar-refractivity contribution < 1.29 is 43.2 Å². The van der Waals surface area contributed by atoms with Crippen molar-refractivity contribution in [1.29, 1.82) is 0 Å². The molecule has 44 heavy (non-hydrogen) atoms. The summed E-state index contributed by atoms with van der Waals surface area (Å²) in [5, 5.41) is 20.9. The molecule has 1 aromatic carbocycles. The molecule has 5 N–H and O–H groups in total. The Labute approximate surface area is 261 Å². The molecule has 0 aromatic heterocycles. The van der Waals surface area contributed by atoms with E-state index >= 15 is 0 Å². The number of hydrogen-bond acceptors (Lipinski definition) is 9. The van der Waals surface area contributed by atoms with Crippen LogP contribution in [0.1, 0.15) is 101 Å². The molecular formula is C31H52N4O9. The van der Waals surface area contributed by atoms with Gasteiger partial charge in [-0.2, -0.15) is 0 Å². The Balaban J connectivity index is 2.74. The Morgan fingerprint density at radius 3 is 1.55 bits per heavy atom. The van der Waals surface area contributed by atoms with Gasteiger partial charge in [0.15, 0.2) is 0 Å². The zero-order valence-electron chi connectivity index (χ0n) is 27.4. The minimum atomic E-state index is -1.23. The van der Waals surface area contributed by atoms with E-state index < -0.39 is 35.3 Å². The van der Waals surface area contributed by atoms with Crippen molar-refractivity contribution in [2.45, 2.75) is 91.3 Å². The zero-order valence-corrected chi connectivity index (χ0v) is 27.4. The number of aromatic carboxylic acids is 1. The van der Waals surface area contributed by atoms with Gasteiger partial charge in [-0.1, -0.05) is 0 Å². The molecule has 0 aliphatic rings. The van der Waals surface area contributed by atoms with E-state index in [0.29, 0.717) is 51.9 Å². The van der Waals surface area contributed by atoms with Crippen LogP contribution in [0.3, 0.4) is 0 Å². The van der Waals surface area contributed by atoms with Crippen LogP contribution in [0.5, 0.6) is 11.5 Å². The second kappa shape index (κ2) is 19.5. The summed E-state index contributed by atoms with van der Waals surface area (Å²) in [5.41, 5.74) is -1.16. The number of carboxylic acids is 1. The summed E-state index contributed by atoms with van der Waals surface area (Å²) in [4.78, 5) is 48.5. The minimum absolute atomic E-state index is 0.102. The second-order valence-corrected chi connectivity index (χ2v) is 12.2. The fourth-order valence-corrected chi connectivity index (χ4v) is 3.72. The molecule has 0 spiro atoms. The van der Waals surface area contributed by atoms with Gasteiger partial charge in [0.25, 0.3) is 5.91 Å².